The molecule has 0 atom stereocenters. The highest BCUT2D eigenvalue weighted by Gasteiger charge is 2.30. The van der Waals surface area contributed by atoms with Crippen LogP contribution in [0, 0.1) is 6.92 Å². The van der Waals surface area contributed by atoms with Gasteiger partial charge in [-0.3, -0.25) is 4.90 Å². The minimum atomic E-state index is -3.41. The van der Waals surface area contributed by atoms with Gasteiger partial charge in [-0.2, -0.15) is 0 Å². The summed E-state index contributed by atoms with van der Waals surface area (Å²) in [5, 5.41) is 0. The van der Waals surface area contributed by atoms with Gasteiger partial charge < -0.3 is 0 Å². The number of rotatable bonds is 5. The van der Waals surface area contributed by atoms with E-state index in [4.69, 9.17) is 0 Å². The van der Waals surface area contributed by atoms with Crippen molar-refractivity contribution >= 4 is 10.0 Å². The number of nitrogens with zero attached hydrogens (tertiary/aromatic N) is 1. The Morgan fingerprint density at radius 1 is 1.05 bits per heavy atom. The van der Waals surface area contributed by atoms with E-state index in [0.29, 0.717) is 4.90 Å². The Labute approximate surface area is 131 Å². The van der Waals surface area contributed by atoms with Crippen LogP contribution in [0.3, 0.4) is 0 Å². The minimum absolute atomic E-state index is 0.00462. The first-order chi connectivity index (χ1) is 10.5. The van der Waals surface area contributed by atoms with Gasteiger partial charge in [0, 0.05) is 25.7 Å². The van der Waals surface area contributed by atoms with Crippen LogP contribution in [-0.2, 0) is 16.6 Å². The Bertz CT molecular complexity index is 721. The molecule has 1 aliphatic heterocycles. The molecule has 0 amide bonds. The lowest BCUT2D eigenvalue weighted by Crippen LogP contribution is -2.58. The summed E-state index contributed by atoms with van der Waals surface area (Å²) in [7, 11) is -3.41. The first kappa shape index (κ1) is 15.2. The number of nitrogens with one attached hydrogen (secondary N) is 1. The highest BCUT2D eigenvalue weighted by Crippen LogP contribution is 2.16. The zero-order chi connectivity index (χ0) is 15.6. The Kier molecular flexibility index (Phi) is 4.29. The first-order valence-electron chi connectivity index (χ1n) is 7.38. The molecule has 2 aromatic carbocycles. The van der Waals surface area contributed by atoms with Gasteiger partial charge in [0.25, 0.3) is 0 Å². The Morgan fingerprint density at radius 3 is 2.32 bits per heavy atom. The Hall–Kier alpha value is -1.69. The number of sulfonamides is 1. The van der Waals surface area contributed by atoms with Crippen LogP contribution in [-0.4, -0.2) is 32.4 Å². The van der Waals surface area contributed by atoms with Gasteiger partial charge in [0.15, 0.2) is 0 Å². The molecule has 0 spiro atoms. The molecule has 3 rings (SSSR count). The van der Waals surface area contributed by atoms with Gasteiger partial charge in [-0.1, -0.05) is 48.0 Å². The van der Waals surface area contributed by atoms with Gasteiger partial charge in [0.2, 0.25) is 10.0 Å². The molecule has 116 valence electrons. The highest BCUT2D eigenvalue weighted by atomic mass is 32.2. The molecule has 2 aromatic rings. The average Bonchev–Trinajstić information content (AvgIpc) is 2.46. The van der Waals surface area contributed by atoms with Gasteiger partial charge in [-0.05, 0) is 24.6 Å². The summed E-state index contributed by atoms with van der Waals surface area (Å²) in [5.74, 6) is 0. The lowest BCUT2D eigenvalue weighted by molar-refractivity contribution is 0.132. The van der Waals surface area contributed by atoms with E-state index in [9.17, 15) is 8.42 Å². The van der Waals surface area contributed by atoms with Crippen molar-refractivity contribution in [1.29, 1.82) is 0 Å². The highest BCUT2D eigenvalue weighted by molar-refractivity contribution is 7.89. The fourth-order valence-electron chi connectivity index (χ4n) is 2.62. The van der Waals surface area contributed by atoms with Crippen LogP contribution in [0.25, 0.3) is 0 Å². The molecule has 1 N–H and O–H groups in total. The van der Waals surface area contributed by atoms with E-state index in [1.54, 1.807) is 12.1 Å². The standard InChI is InChI=1S/C17H20N2O2S/c1-14-7-9-17(10-8-14)22(20,21)18-16-12-19(13-16)11-15-5-3-2-4-6-15/h2-10,16,18H,11-13H2,1H3. The molecule has 1 fully saturated rings. The molecule has 22 heavy (non-hydrogen) atoms. The van der Waals surface area contributed by atoms with Crippen molar-refractivity contribution < 1.29 is 8.42 Å². The van der Waals surface area contributed by atoms with Gasteiger partial charge in [0.05, 0.1) is 4.90 Å². The van der Waals surface area contributed by atoms with Crippen molar-refractivity contribution in [3.8, 4) is 0 Å². The van der Waals surface area contributed by atoms with Crippen LogP contribution in [0.5, 0.6) is 0 Å². The molecular weight excluding hydrogens is 296 g/mol. The molecular formula is C17H20N2O2S. The summed E-state index contributed by atoms with van der Waals surface area (Å²) in [6.45, 7) is 4.31. The van der Waals surface area contributed by atoms with Gasteiger partial charge >= 0.3 is 0 Å². The van der Waals surface area contributed by atoms with E-state index in [1.165, 1.54) is 5.56 Å². The van der Waals surface area contributed by atoms with Crippen LogP contribution in [0.1, 0.15) is 11.1 Å². The number of likely N-dealkylation sites (tertiary alicyclic amines) is 1. The van der Waals surface area contributed by atoms with Crippen molar-refractivity contribution in [3.05, 3.63) is 65.7 Å². The van der Waals surface area contributed by atoms with Gasteiger partial charge in [-0.15, -0.1) is 0 Å². The largest absolute Gasteiger partial charge is 0.296 e. The molecule has 4 nitrogen and oxygen atoms in total. The summed E-state index contributed by atoms with van der Waals surface area (Å²) >= 11 is 0. The fraction of sp³-hybridized carbons (Fsp3) is 0.294. The molecule has 0 bridgehead atoms. The van der Waals surface area contributed by atoms with E-state index < -0.39 is 10.0 Å². The average molecular weight is 316 g/mol. The summed E-state index contributed by atoms with van der Waals surface area (Å²) in [6, 6.07) is 17.1. The van der Waals surface area contributed by atoms with Crippen molar-refractivity contribution in [3.63, 3.8) is 0 Å². The van der Waals surface area contributed by atoms with Crippen molar-refractivity contribution in [1.82, 2.24) is 9.62 Å². The summed E-state index contributed by atoms with van der Waals surface area (Å²) in [4.78, 5) is 2.57. The maximum atomic E-state index is 12.3. The number of aryl methyl sites for hydroxylation is 1. The van der Waals surface area contributed by atoms with Crippen LogP contribution in [0.15, 0.2) is 59.5 Å². The zero-order valence-corrected chi connectivity index (χ0v) is 13.4. The summed E-state index contributed by atoms with van der Waals surface area (Å²) in [5.41, 5.74) is 2.30. The second-order valence-corrected chi connectivity index (χ2v) is 7.52. The SMILES string of the molecule is Cc1ccc(S(=O)(=O)NC2CN(Cc3ccccc3)C2)cc1. The van der Waals surface area contributed by atoms with E-state index in [-0.39, 0.29) is 6.04 Å². The van der Waals surface area contributed by atoms with Gasteiger partial charge in [0.1, 0.15) is 0 Å². The van der Waals surface area contributed by atoms with E-state index in [2.05, 4.69) is 21.8 Å². The van der Waals surface area contributed by atoms with Gasteiger partial charge in [-0.25, -0.2) is 13.1 Å². The predicted octanol–water partition coefficient (Wildman–Crippen LogP) is 2.16. The minimum Gasteiger partial charge on any atom is -0.296 e. The summed E-state index contributed by atoms with van der Waals surface area (Å²) in [6.07, 6.45) is 0. The van der Waals surface area contributed by atoms with Crippen LogP contribution in [0.4, 0.5) is 0 Å². The molecule has 5 heteroatoms. The topological polar surface area (TPSA) is 49.4 Å². The Morgan fingerprint density at radius 2 is 1.68 bits per heavy atom. The smallest absolute Gasteiger partial charge is 0.240 e. The maximum absolute atomic E-state index is 12.3. The summed E-state index contributed by atoms with van der Waals surface area (Å²) < 4.78 is 27.3. The number of hydrogen-bond donors (Lipinski definition) is 1. The third-order valence-electron chi connectivity index (χ3n) is 3.86. The van der Waals surface area contributed by atoms with Crippen LogP contribution < -0.4 is 4.72 Å². The zero-order valence-electron chi connectivity index (χ0n) is 12.6. The van der Waals surface area contributed by atoms with Crippen molar-refractivity contribution in [2.45, 2.75) is 24.4 Å². The van der Waals surface area contributed by atoms with Crippen LogP contribution >= 0.6 is 0 Å². The molecule has 1 saturated heterocycles. The monoisotopic (exact) mass is 316 g/mol. The van der Waals surface area contributed by atoms with E-state index in [0.717, 1.165) is 25.2 Å². The predicted molar refractivity (Wildman–Crippen MR) is 87.0 cm³/mol. The number of hydrogen-bond acceptors (Lipinski definition) is 3. The first-order valence-corrected chi connectivity index (χ1v) is 8.86. The molecule has 0 radical (unpaired) electrons. The second-order valence-electron chi connectivity index (χ2n) is 5.81. The fourth-order valence-corrected chi connectivity index (χ4v) is 3.84. The third kappa shape index (κ3) is 3.55. The number of benzene rings is 2. The lowest BCUT2D eigenvalue weighted by Gasteiger charge is -2.39. The van der Waals surface area contributed by atoms with Crippen molar-refractivity contribution in [2.24, 2.45) is 0 Å². The normalized spacial score (nSPS) is 16.4. The molecule has 0 aliphatic carbocycles. The van der Waals surface area contributed by atoms with Crippen LogP contribution in [0.2, 0.25) is 0 Å². The molecule has 0 unspecified atom stereocenters. The molecule has 1 aliphatic rings. The van der Waals surface area contributed by atoms with E-state index in [1.807, 2.05) is 37.3 Å². The molecule has 1 heterocycles. The van der Waals surface area contributed by atoms with E-state index >= 15 is 0 Å². The third-order valence-corrected chi connectivity index (χ3v) is 5.40. The maximum Gasteiger partial charge on any atom is 0.240 e. The molecule has 0 aromatic heterocycles. The Balaban J connectivity index is 1.54. The molecule has 0 saturated carbocycles. The lowest BCUT2D eigenvalue weighted by atomic mass is 10.1. The van der Waals surface area contributed by atoms with Crippen molar-refractivity contribution in [2.75, 3.05) is 13.1 Å². The quantitative estimate of drug-likeness (QED) is 0.919. The second kappa shape index (κ2) is 6.20.